The lowest BCUT2D eigenvalue weighted by atomic mass is 10.0. The summed E-state index contributed by atoms with van der Waals surface area (Å²) in [6.45, 7) is 2.81. The van der Waals surface area contributed by atoms with Crippen LogP contribution in [0.2, 0.25) is 0 Å². The Morgan fingerprint density at radius 1 is 0.909 bits per heavy atom. The fourth-order valence-electron chi connectivity index (χ4n) is 4.14. The van der Waals surface area contributed by atoms with Gasteiger partial charge in [-0.15, -0.1) is 0 Å². The zero-order chi connectivity index (χ0) is 24.3. The van der Waals surface area contributed by atoms with Crippen LogP contribution in [0.4, 0.5) is 0 Å². The zero-order valence-corrected chi connectivity index (χ0v) is 23.3. The van der Waals surface area contributed by atoms with Crippen LogP contribution in [-0.4, -0.2) is 32.7 Å². The second kappa shape index (κ2) is 19.3. The number of unbranched alkanes of at least 4 members (excludes halogenated alkanes) is 13. The van der Waals surface area contributed by atoms with E-state index in [0.29, 0.717) is 22.0 Å². The number of nitrogens with one attached hydrogen (secondary N) is 1. The molecule has 0 aliphatic heterocycles. The van der Waals surface area contributed by atoms with E-state index in [9.17, 15) is 13.0 Å². The molecule has 0 fully saturated rings. The van der Waals surface area contributed by atoms with Gasteiger partial charge in [-0.1, -0.05) is 90.4 Å². The summed E-state index contributed by atoms with van der Waals surface area (Å²) in [6.07, 6.45) is 20.2. The molecule has 1 atom stereocenters. The molecule has 6 heteroatoms. The van der Waals surface area contributed by atoms with Crippen molar-refractivity contribution < 1.29 is 22.6 Å². The Hall–Kier alpha value is -1.02. The van der Waals surface area contributed by atoms with Gasteiger partial charge in [0.25, 0.3) is 0 Å². The molecule has 0 bridgehead atoms. The molecule has 0 amide bonds. The maximum absolute atomic E-state index is 11.2. The number of aromatic carboxylic acids is 1. The van der Waals surface area contributed by atoms with Crippen molar-refractivity contribution in [2.75, 3.05) is 20.7 Å². The molecule has 5 nitrogen and oxygen atoms in total. The lowest BCUT2D eigenvalue weighted by Crippen LogP contribution is -3.10. The van der Waals surface area contributed by atoms with Crippen LogP contribution in [0.3, 0.4) is 0 Å². The lowest BCUT2D eigenvalue weighted by Gasteiger charge is -2.22. The number of ether oxygens (including phenoxy) is 1. The third-order valence-corrected chi connectivity index (χ3v) is 7.83. The van der Waals surface area contributed by atoms with Crippen molar-refractivity contribution in [1.82, 2.24) is 0 Å². The Kier molecular flexibility index (Phi) is 17.6. The molecule has 1 N–H and O–H groups in total. The Balaban J connectivity index is 2.15. The highest BCUT2D eigenvalue weighted by Gasteiger charge is 2.16. The van der Waals surface area contributed by atoms with E-state index in [0.717, 1.165) is 6.42 Å². The molecule has 0 saturated carbocycles. The molecule has 1 aromatic carbocycles. The average Bonchev–Trinajstić information content (AvgIpc) is 2.80. The summed E-state index contributed by atoms with van der Waals surface area (Å²) in [6, 6.07) is 5.08. The minimum atomic E-state index is -1.55. The Labute approximate surface area is 212 Å². The Morgan fingerprint density at radius 2 is 1.42 bits per heavy atom. The van der Waals surface area contributed by atoms with Gasteiger partial charge in [-0.25, -0.2) is 0 Å². The molecule has 0 aromatic heterocycles. The minimum absolute atomic E-state index is 0.0176. The topological polar surface area (TPSA) is 70.9 Å². The molecule has 0 aliphatic rings. The van der Waals surface area contributed by atoms with E-state index in [-0.39, 0.29) is 5.56 Å². The molecule has 1 aromatic rings. The molecule has 0 radical (unpaired) electrons. The molecule has 0 aliphatic carbocycles. The van der Waals surface area contributed by atoms with Crippen molar-refractivity contribution in [3.63, 3.8) is 0 Å². The van der Waals surface area contributed by atoms with Crippen LogP contribution in [0.25, 0.3) is 0 Å². The number of hydrogen-bond acceptors (Lipinski definition) is 4. The lowest BCUT2D eigenvalue weighted by molar-refractivity contribution is -0.886. The maximum atomic E-state index is 11.2. The summed E-state index contributed by atoms with van der Waals surface area (Å²) in [5.41, 5.74) is -0.0176. The van der Waals surface area contributed by atoms with Crippen LogP contribution in [-0.2, 0) is 3.07 Å². The SMILES string of the molecule is CCCCCCCCCCCCCCCCC(COc1ccc(I=O)c(C(=O)[O-])c1)[NH+](C)C. The summed E-state index contributed by atoms with van der Waals surface area (Å²) in [4.78, 5) is 12.6. The molecule has 0 spiro atoms. The molecule has 1 unspecified atom stereocenters. The number of rotatable bonds is 21. The predicted octanol–water partition coefficient (Wildman–Crippen LogP) is 5.30. The number of benzene rings is 1. The summed E-state index contributed by atoms with van der Waals surface area (Å²) in [7, 11) is 4.27. The van der Waals surface area contributed by atoms with Crippen molar-refractivity contribution in [3.05, 3.63) is 27.3 Å². The fourth-order valence-corrected chi connectivity index (χ4v) is 5.08. The number of likely N-dealkylation sites (N-methyl/N-ethyl adjacent to an activating group) is 1. The standard InChI is InChI=1S/C27H46INO4/c1-4-5-6-7-8-9-10-11-12-13-14-15-16-17-18-23(29(2)3)22-33-24-19-20-26(28-32)25(21-24)27(30)31/h19-21,23H,4-18,22H2,1-3H3,(H,30,31). The number of quaternary nitrogens is 1. The molecule has 33 heavy (non-hydrogen) atoms. The molecule has 190 valence electrons. The highest BCUT2D eigenvalue weighted by Crippen LogP contribution is 2.22. The van der Waals surface area contributed by atoms with Crippen LogP contribution < -0.4 is 14.7 Å². The van der Waals surface area contributed by atoms with Gasteiger partial charge in [-0.2, -0.15) is 0 Å². The average molecular weight is 576 g/mol. The Morgan fingerprint density at radius 3 is 1.88 bits per heavy atom. The normalized spacial score (nSPS) is 12.2. The smallest absolute Gasteiger partial charge is 0.182 e. The molecule has 1 rings (SSSR count). The summed E-state index contributed by atoms with van der Waals surface area (Å²) >= 11 is -1.55. The third-order valence-electron chi connectivity index (χ3n) is 6.41. The number of carboxylic acids is 1. The van der Waals surface area contributed by atoms with Crippen LogP contribution in [0, 0.1) is 3.57 Å². The first-order chi connectivity index (χ1) is 16.0. The van der Waals surface area contributed by atoms with Crippen molar-refractivity contribution in [2.24, 2.45) is 0 Å². The summed E-state index contributed by atoms with van der Waals surface area (Å²) in [5.74, 6) is -0.800. The summed E-state index contributed by atoms with van der Waals surface area (Å²) in [5, 5.41) is 11.2. The van der Waals surface area contributed by atoms with Gasteiger partial charge in [0, 0.05) is 12.0 Å². The van der Waals surface area contributed by atoms with E-state index in [1.807, 2.05) is 0 Å². The number of halogens is 1. The third kappa shape index (κ3) is 14.1. The second-order valence-electron chi connectivity index (χ2n) is 9.48. The van der Waals surface area contributed by atoms with Crippen LogP contribution >= 0.6 is 21.2 Å². The molecular formula is C27H46INO4. The summed E-state index contributed by atoms with van der Waals surface area (Å²) < 4.78 is 17.4. The Bertz CT molecular complexity index is 666. The van der Waals surface area contributed by atoms with Gasteiger partial charge in [-0.3, -0.25) is 3.07 Å². The van der Waals surface area contributed by atoms with Crippen LogP contribution in [0.1, 0.15) is 114 Å². The highest BCUT2D eigenvalue weighted by molar-refractivity contribution is 14.1. The first-order valence-corrected chi connectivity index (χ1v) is 15.0. The van der Waals surface area contributed by atoms with Gasteiger partial charge in [0.1, 0.15) is 18.4 Å². The number of carbonyl (C=O) groups is 1. The van der Waals surface area contributed by atoms with Gasteiger partial charge in [0.15, 0.2) is 21.2 Å². The zero-order valence-electron chi connectivity index (χ0n) is 21.1. The molecule has 0 saturated heterocycles. The number of carboxylic acid groups (broad SMARTS) is 1. The van der Waals surface area contributed by atoms with E-state index >= 15 is 0 Å². The minimum Gasteiger partial charge on any atom is -0.545 e. The first-order valence-electron chi connectivity index (χ1n) is 13.0. The molecular weight excluding hydrogens is 529 g/mol. The maximum Gasteiger partial charge on any atom is 0.182 e. The van der Waals surface area contributed by atoms with Gasteiger partial charge < -0.3 is 19.5 Å². The van der Waals surface area contributed by atoms with E-state index in [4.69, 9.17) is 4.74 Å². The monoisotopic (exact) mass is 575 g/mol. The van der Waals surface area contributed by atoms with Crippen molar-refractivity contribution in [2.45, 2.75) is 109 Å². The number of carbonyl (C=O) groups excluding carboxylic acids is 1. The largest absolute Gasteiger partial charge is 0.545 e. The highest BCUT2D eigenvalue weighted by atomic mass is 127. The number of hydrogen-bond donors (Lipinski definition) is 1. The van der Waals surface area contributed by atoms with Crippen LogP contribution in [0.5, 0.6) is 5.75 Å². The second-order valence-corrected chi connectivity index (χ2v) is 11.1. The first kappa shape index (κ1) is 30.0. The predicted molar refractivity (Wildman–Crippen MR) is 141 cm³/mol. The van der Waals surface area contributed by atoms with E-state index in [1.54, 1.807) is 12.1 Å². The van der Waals surface area contributed by atoms with E-state index in [2.05, 4.69) is 21.0 Å². The van der Waals surface area contributed by atoms with E-state index < -0.39 is 27.2 Å². The van der Waals surface area contributed by atoms with E-state index in [1.165, 1.54) is 101 Å². The molecule has 0 heterocycles. The van der Waals surface area contributed by atoms with Crippen molar-refractivity contribution >= 4 is 27.2 Å². The quantitative estimate of drug-likeness (QED) is 0.160. The fraction of sp³-hybridized carbons (Fsp3) is 0.741. The van der Waals surface area contributed by atoms with Crippen molar-refractivity contribution in [3.8, 4) is 5.75 Å². The van der Waals surface area contributed by atoms with Gasteiger partial charge in [-0.05, 0) is 24.6 Å². The van der Waals surface area contributed by atoms with Gasteiger partial charge in [0.2, 0.25) is 0 Å². The van der Waals surface area contributed by atoms with Crippen molar-refractivity contribution in [1.29, 1.82) is 0 Å². The van der Waals surface area contributed by atoms with Crippen LogP contribution in [0.15, 0.2) is 18.2 Å². The van der Waals surface area contributed by atoms with Gasteiger partial charge in [0.05, 0.1) is 23.6 Å². The van der Waals surface area contributed by atoms with Gasteiger partial charge >= 0.3 is 0 Å².